The van der Waals surface area contributed by atoms with Crippen LogP contribution < -0.4 is 5.32 Å². The molecule has 4 aromatic rings. The first-order valence-corrected chi connectivity index (χ1v) is 9.26. The molecule has 1 aromatic heterocycles. The number of hydrogen-bond donors (Lipinski definition) is 1. The molecular formula is C22H18N2OS. The molecule has 0 aliphatic carbocycles. The number of aryl methyl sites for hydroxylation is 2. The van der Waals surface area contributed by atoms with E-state index in [-0.39, 0.29) is 5.91 Å². The second-order valence-corrected chi connectivity index (χ2v) is 7.64. The van der Waals surface area contributed by atoms with Crippen LogP contribution in [-0.4, -0.2) is 10.9 Å². The van der Waals surface area contributed by atoms with Crippen molar-refractivity contribution in [2.24, 2.45) is 0 Å². The number of carbonyl (C=O) groups is 1. The summed E-state index contributed by atoms with van der Waals surface area (Å²) in [7, 11) is 0. The van der Waals surface area contributed by atoms with E-state index >= 15 is 0 Å². The van der Waals surface area contributed by atoms with Crippen LogP contribution in [0.1, 0.15) is 20.2 Å². The minimum atomic E-state index is -0.113. The number of amides is 1. The zero-order valence-electron chi connectivity index (χ0n) is 14.6. The Labute approximate surface area is 156 Å². The number of anilines is 1. The van der Waals surface area contributed by atoms with Gasteiger partial charge in [0, 0.05) is 21.7 Å². The Balaban J connectivity index is 1.55. The summed E-state index contributed by atoms with van der Waals surface area (Å²) in [6, 6.07) is 21.6. The summed E-state index contributed by atoms with van der Waals surface area (Å²) in [6.07, 6.45) is 0. The molecule has 0 spiro atoms. The second kappa shape index (κ2) is 6.73. The van der Waals surface area contributed by atoms with Gasteiger partial charge in [0.25, 0.3) is 5.91 Å². The van der Waals surface area contributed by atoms with Crippen LogP contribution >= 0.6 is 11.3 Å². The largest absolute Gasteiger partial charge is 0.322 e. The molecule has 0 unspecified atom stereocenters. The third kappa shape index (κ3) is 3.24. The van der Waals surface area contributed by atoms with Gasteiger partial charge in [0.2, 0.25) is 0 Å². The zero-order chi connectivity index (χ0) is 18.1. The molecule has 0 saturated heterocycles. The lowest BCUT2D eigenvalue weighted by Gasteiger charge is -2.07. The fraction of sp³-hybridized carbons (Fsp3) is 0.0909. The summed E-state index contributed by atoms with van der Waals surface area (Å²) in [6.45, 7) is 4.08. The van der Waals surface area contributed by atoms with E-state index in [0.717, 1.165) is 32.7 Å². The molecule has 26 heavy (non-hydrogen) atoms. The van der Waals surface area contributed by atoms with E-state index in [9.17, 15) is 4.79 Å². The maximum atomic E-state index is 12.5. The summed E-state index contributed by atoms with van der Waals surface area (Å²) in [5.41, 5.74) is 3.46. The Morgan fingerprint density at radius 1 is 0.923 bits per heavy atom. The van der Waals surface area contributed by atoms with Gasteiger partial charge in [-0.25, -0.2) is 4.98 Å². The van der Waals surface area contributed by atoms with Crippen LogP contribution in [0.4, 0.5) is 5.69 Å². The van der Waals surface area contributed by atoms with E-state index in [0.29, 0.717) is 5.56 Å². The highest BCUT2D eigenvalue weighted by Gasteiger charge is 2.10. The quantitative estimate of drug-likeness (QED) is 0.500. The third-order valence-corrected chi connectivity index (χ3v) is 5.22. The van der Waals surface area contributed by atoms with Gasteiger partial charge in [-0.05, 0) is 48.9 Å². The van der Waals surface area contributed by atoms with Crippen molar-refractivity contribution in [1.29, 1.82) is 0 Å². The van der Waals surface area contributed by atoms with Crippen molar-refractivity contribution in [1.82, 2.24) is 4.98 Å². The number of hydrogen-bond acceptors (Lipinski definition) is 3. The number of benzene rings is 3. The van der Waals surface area contributed by atoms with Crippen LogP contribution in [-0.2, 0) is 0 Å². The van der Waals surface area contributed by atoms with Crippen molar-refractivity contribution < 1.29 is 4.79 Å². The average Bonchev–Trinajstić information content (AvgIpc) is 3.00. The van der Waals surface area contributed by atoms with Gasteiger partial charge in [-0.1, -0.05) is 42.5 Å². The minimum absolute atomic E-state index is 0.113. The maximum absolute atomic E-state index is 12.5. The molecule has 0 fully saturated rings. The predicted octanol–water partition coefficient (Wildman–Crippen LogP) is 5.83. The summed E-state index contributed by atoms with van der Waals surface area (Å²) in [4.78, 5) is 18.3. The molecule has 1 N–H and O–H groups in total. The lowest BCUT2D eigenvalue weighted by molar-refractivity contribution is 0.102. The highest BCUT2D eigenvalue weighted by Crippen LogP contribution is 2.27. The molecule has 3 nitrogen and oxygen atoms in total. The Kier molecular flexibility index (Phi) is 4.27. The number of carbonyl (C=O) groups excluding carboxylic acids is 1. The first kappa shape index (κ1) is 16.5. The summed E-state index contributed by atoms with van der Waals surface area (Å²) in [5, 5.41) is 6.29. The first-order valence-electron chi connectivity index (χ1n) is 8.45. The molecule has 1 heterocycles. The highest BCUT2D eigenvalue weighted by atomic mass is 32.1. The molecule has 0 aliphatic heterocycles. The predicted molar refractivity (Wildman–Crippen MR) is 109 cm³/mol. The fourth-order valence-electron chi connectivity index (χ4n) is 3.05. The summed E-state index contributed by atoms with van der Waals surface area (Å²) in [5.74, 6) is -0.113. The van der Waals surface area contributed by atoms with Crippen molar-refractivity contribution >= 4 is 33.7 Å². The molecule has 1 amide bonds. The molecule has 4 rings (SSSR count). The van der Waals surface area contributed by atoms with E-state index < -0.39 is 0 Å². The van der Waals surface area contributed by atoms with Gasteiger partial charge >= 0.3 is 0 Å². The summed E-state index contributed by atoms with van der Waals surface area (Å²) >= 11 is 1.69. The Morgan fingerprint density at radius 2 is 1.65 bits per heavy atom. The Hall–Kier alpha value is -2.98. The van der Waals surface area contributed by atoms with Gasteiger partial charge in [-0.15, -0.1) is 11.3 Å². The van der Waals surface area contributed by atoms with Crippen LogP contribution in [0.25, 0.3) is 22.0 Å². The van der Waals surface area contributed by atoms with Crippen LogP contribution in [0, 0.1) is 13.8 Å². The van der Waals surface area contributed by atoms with E-state index in [1.165, 1.54) is 4.88 Å². The van der Waals surface area contributed by atoms with Crippen LogP contribution in [0.5, 0.6) is 0 Å². The van der Waals surface area contributed by atoms with Gasteiger partial charge in [0.15, 0.2) is 0 Å². The van der Waals surface area contributed by atoms with E-state index in [1.807, 2.05) is 67.6 Å². The van der Waals surface area contributed by atoms with Crippen molar-refractivity contribution in [3.63, 3.8) is 0 Å². The number of nitrogens with one attached hydrogen (secondary N) is 1. The highest BCUT2D eigenvalue weighted by molar-refractivity contribution is 7.11. The molecule has 3 aromatic carbocycles. The number of aromatic nitrogens is 1. The Bertz CT molecular complexity index is 1100. The molecule has 0 aliphatic rings. The monoisotopic (exact) mass is 358 g/mol. The van der Waals surface area contributed by atoms with Gasteiger partial charge in [0.05, 0.1) is 10.7 Å². The number of nitrogens with zero attached hydrogens (tertiary/aromatic N) is 1. The molecule has 128 valence electrons. The standard InChI is InChI=1S/C22H18N2OS/c1-14-21(23-15(2)26-14)17-7-9-18(10-8-17)22(25)24-20-12-11-16-5-3-4-6-19(16)13-20/h3-13H,1-2H3,(H,24,25). The van der Waals surface area contributed by atoms with Gasteiger partial charge in [-0.2, -0.15) is 0 Å². The smallest absolute Gasteiger partial charge is 0.255 e. The first-order chi connectivity index (χ1) is 12.6. The lowest BCUT2D eigenvalue weighted by atomic mass is 10.1. The summed E-state index contributed by atoms with van der Waals surface area (Å²) < 4.78 is 0. The minimum Gasteiger partial charge on any atom is -0.322 e. The van der Waals surface area contributed by atoms with Crippen LogP contribution in [0.15, 0.2) is 66.7 Å². The zero-order valence-corrected chi connectivity index (χ0v) is 15.4. The Morgan fingerprint density at radius 3 is 2.35 bits per heavy atom. The molecule has 0 radical (unpaired) electrons. The van der Waals surface area contributed by atoms with Gasteiger partial charge in [0.1, 0.15) is 0 Å². The number of fused-ring (bicyclic) bond motifs is 1. The van der Waals surface area contributed by atoms with Crippen molar-refractivity contribution in [3.8, 4) is 11.3 Å². The third-order valence-electron chi connectivity index (χ3n) is 4.33. The van der Waals surface area contributed by atoms with Crippen molar-refractivity contribution in [2.45, 2.75) is 13.8 Å². The fourth-order valence-corrected chi connectivity index (χ4v) is 3.89. The van der Waals surface area contributed by atoms with E-state index in [1.54, 1.807) is 11.3 Å². The normalized spacial score (nSPS) is 10.8. The van der Waals surface area contributed by atoms with Crippen LogP contribution in [0.2, 0.25) is 0 Å². The van der Waals surface area contributed by atoms with Gasteiger partial charge < -0.3 is 5.32 Å². The average molecular weight is 358 g/mol. The molecular weight excluding hydrogens is 340 g/mol. The van der Waals surface area contributed by atoms with Crippen molar-refractivity contribution in [2.75, 3.05) is 5.32 Å². The van der Waals surface area contributed by atoms with Crippen molar-refractivity contribution in [3.05, 3.63) is 82.2 Å². The maximum Gasteiger partial charge on any atom is 0.255 e. The number of thiazole rings is 1. The lowest BCUT2D eigenvalue weighted by Crippen LogP contribution is -2.11. The topological polar surface area (TPSA) is 42.0 Å². The second-order valence-electron chi connectivity index (χ2n) is 6.23. The molecule has 0 saturated carbocycles. The molecule has 4 heteroatoms. The molecule has 0 bridgehead atoms. The van der Waals surface area contributed by atoms with E-state index in [2.05, 4.69) is 23.3 Å². The van der Waals surface area contributed by atoms with Crippen LogP contribution in [0.3, 0.4) is 0 Å². The SMILES string of the molecule is Cc1nc(-c2ccc(C(=O)Nc3ccc4ccccc4c3)cc2)c(C)s1. The molecule has 0 atom stereocenters. The van der Waals surface area contributed by atoms with E-state index in [4.69, 9.17) is 0 Å². The number of rotatable bonds is 3. The van der Waals surface area contributed by atoms with Gasteiger partial charge in [-0.3, -0.25) is 4.79 Å².